The van der Waals surface area contributed by atoms with E-state index in [2.05, 4.69) is 28.1 Å². The second kappa shape index (κ2) is 8.52. The van der Waals surface area contributed by atoms with Crippen molar-refractivity contribution in [2.24, 2.45) is 0 Å². The molecule has 2 aromatic rings. The fourth-order valence-corrected chi connectivity index (χ4v) is 4.97. The van der Waals surface area contributed by atoms with E-state index < -0.39 is 0 Å². The lowest BCUT2D eigenvalue weighted by molar-refractivity contribution is 0.213. The Morgan fingerprint density at radius 1 is 1.13 bits per heavy atom. The molecule has 2 fully saturated rings. The number of nitrogens with one attached hydrogen (secondary N) is 3. The normalized spacial score (nSPS) is 25.3. The molecule has 30 heavy (non-hydrogen) atoms. The second-order valence-corrected chi connectivity index (χ2v) is 8.06. The van der Waals surface area contributed by atoms with Gasteiger partial charge in [-0.05, 0) is 68.1 Å². The largest absolute Gasteiger partial charge is 0.493 e. The summed E-state index contributed by atoms with van der Waals surface area (Å²) in [6.07, 6.45) is 3.73. The average molecular weight is 413 g/mol. The average Bonchev–Trinajstić information content (AvgIpc) is 3.17. The molecule has 3 unspecified atom stereocenters. The minimum Gasteiger partial charge on any atom is -0.493 e. The number of carbonyl (C=O) groups is 1. The first-order valence-corrected chi connectivity index (χ1v) is 10.3. The van der Waals surface area contributed by atoms with E-state index in [-0.39, 0.29) is 29.3 Å². The zero-order chi connectivity index (χ0) is 21.1. The summed E-state index contributed by atoms with van der Waals surface area (Å²) < 4.78 is 24.2. The maximum absolute atomic E-state index is 13.3. The molecule has 1 saturated heterocycles. The summed E-state index contributed by atoms with van der Waals surface area (Å²) in [5, 5.41) is 9.40. The van der Waals surface area contributed by atoms with Crippen LogP contribution in [-0.2, 0) is 5.41 Å². The Morgan fingerprint density at radius 3 is 2.73 bits per heavy atom. The van der Waals surface area contributed by atoms with Crippen molar-refractivity contribution in [3.05, 3.63) is 53.8 Å². The minimum atomic E-state index is -0.375. The van der Waals surface area contributed by atoms with Gasteiger partial charge in [-0.25, -0.2) is 9.18 Å². The van der Waals surface area contributed by atoms with Crippen molar-refractivity contribution in [3.8, 4) is 11.5 Å². The minimum absolute atomic E-state index is 0.0246. The maximum Gasteiger partial charge on any atom is 0.319 e. The highest BCUT2D eigenvalue weighted by Gasteiger charge is 2.48. The highest BCUT2D eigenvalue weighted by Crippen LogP contribution is 2.47. The van der Waals surface area contributed by atoms with Gasteiger partial charge in [-0.3, -0.25) is 0 Å². The van der Waals surface area contributed by atoms with Gasteiger partial charge in [0.2, 0.25) is 0 Å². The first-order chi connectivity index (χ1) is 14.5. The maximum atomic E-state index is 13.3. The van der Waals surface area contributed by atoms with Crippen LogP contribution in [0.25, 0.3) is 0 Å². The van der Waals surface area contributed by atoms with E-state index in [9.17, 15) is 9.18 Å². The number of rotatable bonds is 5. The molecular formula is C23H28FN3O3. The Hall–Kier alpha value is -2.80. The molecule has 0 radical (unpaired) electrons. The third kappa shape index (κ3) is 3.94. The number of fused-ring (bicyclic) bond motifs is 1. The number of hydrogen-bond acceptors (Lipinski definition) is 4. The van der Waals surface area contributed by atoms with Gasteiger partial charge in [0.1, 0.15) is 5.82 Å². The Kier molecular flexibility index (Phi) is 5.81. The van der Waals surface area contributed by atoms with Crippen LogP contribution < -0.4 is 25.4 Å². The van der Waals surface area contributed by atoms with Crippen LogP contribution in [-0.4, -0.2) is 38.9 Å². The number of anilines is 1. The molecule has 3 N–H and O–H groups in total. The van der Waals surface area contributed by atoms with E-state index in [0.717, 1.165) is 43.7 Å². The topological polar surface area (TPSA) is 71.6 Å². The smallest absolute Gasteiger partial charge is 0.319 e. The predicted molar refractivity (Wildman–Crippen MR) is 114 cm³/mol. The van der Waals surface area contributed by atoms with E-state index in [1.54, 1.807) is 26.4 Å². The summed E-state index contributed by atoms with van der Waals surface area (Å²) in [6, 6.07) is 12.1. The molecule has 0 bridgehead atoms. The van der Waals surface area contributed by atoms with Crippen molar-refractivity contribution < 1.29 is 18.7 Å². The van der Waals surface area contributed by atoms with Crippen LogP contribution in [0.15, 0.2) is 42.5 Å². The molecule has 2 aromatic carbocycles. The lowest BCUT2D eigenvalue weighted by Crippen LogP contribution is -2.52. The lowest BCUT2D eigenvalue weighted by Gasteiger charge is -2.43. The number of halogens is 1. The van der Waals surface area contributed by atoms with Crippen molar-refractivity contribution in [3.63, 3.8) is 0 Å². The summed E-state index contributed by atoms with van der Waals surface area (Å²) >= 11 is 0. The van der Waals surface area contributed by atoms with Crippen LogP contribution in [0.2, 0.25) is 0 Å². The van der Waals surface area contributed by atoms with Gasteiger partial charge < -0.3 is 25.4 Å². The number of carbonyl (C=O) groups excluding carboxylic acids is 1. The molecule has 1 aliphatic heterocycles. The highest BCUT2D eigenvalue weighted by molar-refractivity contribution is 5.89. The molecule has 2 amide bonds. The molecule has 4 rings (SSSR count). The van der Waals surface area contributed by atoms with E-state index in [1.165, 1.54) is 17.7 Å². The fourth-order valence-electron chi connectivity index (χ4n) is 4.97. The van der Waals surface area contributed by atoms with Crippen molar-refractivity contribution >= 4 is 11.7 Å². The van der Waals surface area contributed by atoms with Crippen LogP contribution in [0.4, 0.5) is 14.9 Å². The third-order valence-electron chi connectivity index (χ3n) is 6.46. The molecule has 2 aliphatic rings. The quantitative estimate of drug-likeness (QED) is 0.697. The fraction of sp³-hybridized carbons (Fsp3) is 0.435. The van der Waals surface area contributed by atoms with Gasteiger partial charge in [-0.1, -0.05) is 12.1 Å². The molecule has 1 aliphatic carbocycles. The summed E-state index contributed by atoms with van der Waals surface area (Å²) in [7, 11) is 3.29. The molecule has 7 heteroatoms. The number of benzene rings is 2. The first kappa shape index (κ1) is 20.5. The second-order valence-electron chi connectivity index (χ2n) is 8.06. The molecular weight excluding hydrogens is 385 g/mol. The zero-order valence-corrected chi connectivity index (χ0v) is 17.3. The van der Waals surface area contributed by atoms with E-state index in [0.29, 0.717) is 5.69 Å². The molecule has 160 valence electrons. The van der Waals surface area contributed by atoms with Crippen LogP contribution in [0.3, 0.4) is 0 Å². The third-order valence-corrected chi connectivity index (χ3v) is 6.46. The monoisotopic (exact) mass is 413 g/mol. The summed E-state index contributed by atoms with van der Waals surface area (Å²) in [6.45, 7) is 0.946. The molecule has 6 nitrogen and oxygen atoms in total. The van der Waals surface area contributed by atoms with Gasteiger partial charge in [0.15, 0.2) is 11.5 Å². The Morgan fingerprint density at radius 2 is 1.97 bits per heavy atom. The highest BCUT2D eigenvalue weighted by atomic mass is 19.1. The number of urea groups is 1. The van der Waals surface area contributed by atoms with E-state index in [1.807, 2.05) is 6.07 Å². The molecule has 1 saturated carbocycles. The summed E-state index contributed by atoms with van der Waals surface area (Å²) in [5.41, 5.74) is 1.72. The number of methoxy groups -OCH3 is 2. The predicted octanol–water partition coefficient (Wildman–Crippen LogP) is 3.82. The van der Waals surface area contributed by atoms with Crippen LogP contribution in [0, 0.1) is 5.82 Å². The van der Waals surface area contributed by atoms with Crippen molar-refractivity contribution in [1.82, 2.24) is 10.6 Å². The van der Waals surface area contributed by atoms with Gasteiger partial charge in [0, 0.05) is 23.2 Å². The van der Waals surface area contributed by atoms with Gasteiger partial charge >= 0.3 is 6.03 Å². The van der Waals surface area contributed by atoms with Gasteiger partial charge in [0.25, 0.3) is 0 Å². The Bertz CT molecular complexity index is 922. The van der Waals surface area contributed by atoms with Crippen molar-refractivity contribution in [1.29, 1.82) is 0 Å². The van der Waals surface area contributed by atoms with Crippen molar-refractivity contribution in [2.45, 2.75) is 43.2 Å². The number of hydrogen-bond donors (Lipinski definition) is 3. The van der Waals surface area contributed by atoms with Gasteiger partial charge in [0.05, 0.1) is 14.2 Å². The first-order valence-electron chi connectivity index (χ1n) is 10.3. The van der Waals surface area contributed by atoms with Crippen LogP contribution >= 0.6 is 0 Å². The zero-order valence-electron chi connectivity index (χ0n) is 17.3. The SMILES string of the molecule is COc1ccc(C23CCNC2CC(NC(=O)Nc2cccc(F)c2)CC3)cc1OC. The van der Waals surface area contributed by atoms with E-state index in [4.69, 9.17) is 9.47 Å². The lowest BCUT2D eigenvalue weighted by atomic mass is 9.65. The Labute approximate surface area is 176 Å². The molecule has 3 atom stereocenters. The molecule has 1 heterocycles. The number of ether oxygens (including phenoxy) is 2. The standard InChI is InChI=1S/C23H28FN3O3/c1-29-19-7-6-15(12-20(19)30-2)23-9-8-18(14-21(23)25-11-10-23)27-22(28)26-17-5-3-4-16(24)13-17/h3-7,12-13,18,21,25H,8-11,14H2,1-2H3,(H2,26,27,28). The molecule has 0 aromatic heterocycles. The van der Waals surface area contributed by atoms with E-state index >= 15 is 0 Å². The van der Waals surface area contributed by atoms with Gasteiger partial charge in [-0.2, -0.15) is 0 Å². The summed E-state index contributed by atoms with van der Waals surface area (Å²) in [4.78, 5) is 12.4. The molecule has 0 spiro atoms. The van der Waals surface area contributed by atoms with Crippen LogP contribution in [0.5, 0.6) is 11.5 Å². The summed E-state index contributed by atoms with van der Waals surface area (Å²) in [5.74, 6) is 1.09. The Balaban J connectivity index is 1.44. The van der Waals surface area contributed by atoms with Crippen LogP contribution in [0.1, 0.15) is 31.2 Å². The van der Waals surface area contributed by atoms with Crippen molar-refractivity contribution in [2.75, 3.05) is 26.1 Å². The van der Waals surface area contributed by atoms with Gasteiger partial charge in [-0.15, -0.1) is 0 Å². The number of amides is 2.